The molecule has 1 heterocycles. The average Bonchev–Trinajstić information content (AvgIpc) is 3.13. The summed E-state index contributed by atoms with van der Waals surface area (Å²) >= 11 is 0. The van der Waals surface area contributed by atoms with Crippen molar-refractivity contribution in [3.63, 3.8) is 0 Å². The van der Waals surface area contributed by atoms with E-state index in [-0.39, 0.29) is 30.9 Å². The monoisotopic (exact) mass is 442 g/mol. The Morgan fingerprint density at radius 1 is 1.03 bits per heavy atom. The number of ether oxygens (including phenoxy) is 5. The second kappa shape index (κ2) is 10.1. The van der Waals surface area contributed by atoms with E-state index in [1.54, 1.807) is 25.3 Å². The molecule has 2 unspecified atom stereocenters. The van der Waals surface area contributed by atoms with Crippen molar-refractivity contribution in [1.82, 2.24) is 0 Å². The molecule has 8 heteroatoms. The van der Waals surface area contributed by atoms with E-state index in [4.69, 9.17) is 23.7 Å². The van der Waals surface area contributed by atoms with Gasteiger partial charge < -0.3 is 28.8 Å². The molecule has 8 nitrogen and oxygen atoms in total. The van der Waals surface area contributed by atoms with Crippen molar-refractivity contribution >= 4 is 18.0 Å². The molecular formula is C24H26O8. The number of carbonyl (C=O) groups excluding carboxylic acids is 2. The van der Waals surface area contributed by atoms with Crippen molar-refractivity contribution in [2.24, 2.45) is 0 Å². The maximum Gasteiger partial charge on any atom is 0.302 e. The first-order chi connectivity index (χ1) is 15.3. The van der Waals surface area contributed by atoms with Crippen molar-refractivity contribution in [1.29, 1.82) is 0 Å². The lowest BCUT2D eigenvalue weighted by Crippen LogP contribution is -2.17. The van der Waals surface area contributed by atoms with Crippen LogP contribution in [0.1, 0.15) is 42.6 Å². The fraction of sp³-hybridized carbons (Fsp3) is 0.333. The van der Waals surface area contributed by atoms with E-state index in [0.29, 0.717) is 17.2 Å². The summed E-state index contributed by atoms with van der Waals surface area (Å²) in [6, 6.07) is 8.70. The fourth-order valence-electron chi connectivity index (χ4n) is 3.57. The number of benzene rings is 2. The third-order valence-electron chi connectivity index (χ3n) is 5.03. The van der Waals surface area contributed by atoms with E-state index in [9.17, 15) is 14.7 Å². The van der Waals surface area contributed by atoms with E-state index in [2.05, 4.69) is 0 Å². The number of phenols is 1. The van der Waals surface area contributed by atoms with E-state index in [1.165, 1.54) is 27.0 Å². The van der Waals surface area contributed by atoms with E-state index in [1.807, 2.05) is 18.2 Å². The topological polar surface area (TPSA) is 101 Å². The molecule has 0 saturated carbocycles. The maximum absolute atomic E-state index is 11.5. The molecule has 170 valence electrons. The maximum atomic E-state index is 11.5. The van der Waals surface area contributed by atoms with Crippen LogP contribution in [0.25, 0.3) is 6.08 Å². The molecule has 0 amide bonds. The molecule has 0 spiro atoms. The molecule has 32 heavy (non-hydrogen) atoms. The molecule has 0 fully saturated rings. The molecule has 1 N–H and O–H groups in total. The molecule has 2 aromatic rings. The summed E-state index contributed by atoms with van der Waals surface area (Å²) in [7, 11) is 3.01. The Hall–Kier alpha value is -3.68. The minimum atomic E-state index is -0.493. The van der Waals surface area contributed by atoms with Gasteiger partial charge in [-0.1, -0.05) is 12.1 Å². The minimum Gasteiger partial charge on any atom is -0.504 e. The average molecular weight is 442 g/mol. The van der Waals surface area contributed by atoms with Crippen molar-refractivity contribution in [3.05, 3.63) is 53.1 Å². The zero-order valence-electron chi connectivity index (χ0n) is 18.4. The Balaban J connectivity index is 2.00. The smallest absolute Gasteiger partial charge is 0.302 e. The predicted molar refractivity (Wildman–Crippen MR) is 116 cm³/mol. The summed E-state index contributed by atoms with van der Waals surface area (Å²) < 4.78 is 27.3. The van der Waals surface area contributed by atoms with Crippen LogP contribution in [0.3, 0.4) is 0 Å². The number of hydrogen-bond donors (Lipinski definition) is 1. The molecule has 2 aromatic carbocycles. The fourth-order valence-corrected chi connectivity index (χ4v) is 3.57. The lowest BCUT2D eigenvalue weighted by atomic mass is 9.90. The molecule has 3 rings (SSSR count). The first-order valence-electron chi connectivity index (χ1n) is 10.0. The van der Waals surface area contributed by atoms with Gasteiger partial charge in [-0.2, -0.15) is 0 Å². The van der Waals surface area contributed by atoms with Crippen LogP contribution in [0, 0.1) is 0 Å². The molecule has 0 aromatic heterocycles. The van der Waals surface area contributed by atoms with Crippen LogP contribution in [-0.4, -0.2) is 44.5 Å². The van der Waals surface area contributed by atoms with Crippen molar-refractivity contribution < 1.29 is 38.4 Å². The molecule has 1 aliphatic rings. The van der Waals surface area contributed by atoms with Gasteiger partial charge in [-0.25, -0.2) is 0 Å². The Morgan fingerprint density at radius 2 is 1.75 bits per heavy atom. The van der Waals surface area contributed by atoms with Gasteiger partial charge in [0.1, 0.15) is 19.3 Å². The summed E-state index contributed by atoms with van der Waals surface area (Å²) in [5.41, 5.74) is 2.38. The van der Waals surface area contributed by atoms with Gasteiger partial charge in [-0.3, -0.25) is 9.59 Å². The van der Waals surface area contributed by atoms with Crippen LogP contribution in [0.5, 0.6) is 23.0 Å². The van der Waals surface area contributed by atoms with Crippen LogP contribution >= 0.6 is 0 Å². The molecule has 0 aliphatic carbocycles. The van der Waals surface area contributed by atoms with Gasteiger partial charge in [0.05, 0.1) is 20.1 Å². The van der Waals surface area contributed by atoms with Crippen LogP contribution in [0.4, 0.5) is 0 Å². The first kappa shape index (κ1) is 23.0. The van der Waals surface area contributed by atoms with Gasteiger partial charge in [0.15, 0.2) is 23.0 Å². The number of aromatic hydroxyl groups is 1. The second-order valence-electron chi connectivity index (χ2n) is 7.23. The molecular weight excluding hydrogens is 416 g/mol. The Kier molecular flexibility index (Phi) is 7.25. The molecule has 0 radical (unpaired) electrons. The summed E-state index contributed by atoms with van der Waals surface area (Å²) in [5, 5.41) is 9.95. The number of carbonyl (C=O) groups is 2. The van der Waals surface area contributed by atoms with Crippen LogP contribution in [-0.2, 0) is 19.1 Å². The van der Waals surface area contributed by atoms with Crippen LogP contribution in [0.15, 0.2) is 36.4 Å². The van der Waals surface area contributed by atoms with Crippen LogP contribution < -0.4 is 14.2 Å². The van der Waals surface area contributed by atoms with Gasteiger partial charge in [0, 0.05) is 19.4 Å². The largest absolute Gasteiger partial charge is 0.504 e. The highest BCUT2D eigenvalue weighted by atomic mass is 16.5. The number of hydrogen-bond acceptors (Lipinski definition) is 8. The highest BCUT2D eigenvalue weighted by Crippen LogP contribution is 2.51. The third-order valence-corrected chi connectivity index (χ3v) is 5.03. The Labute approximate surface area is 186 Å². The Morgan fingerprint density at radius 3 is 2.41 bits per heavy atom. The minimum absolute atomic E-state index is 0.0149. The van der Waals surface area contributed by atoms with Crippen molar-refractivity contribution in [3.8, 4) is 23.0 Å². The number of esters is 2. The second-order valence-corrected chi connectivity index (χ2v) is 7.23. The molecule has 0 saturated heterocycles. The SMILES string of the molecule is COc1cc(C2Oc3c(OC)cc(/C=C/COC(C)=O)cc3C2COC(C)=O)ccc1O. The number of rotatable bonds is 8. The molecule has 1 aliphatic heterocycles. The van der Waals surface area contributed by atoms with Crippen LogP contribution in [0.2, 0.25) is 0 Å². The summed E-state index contributed by atoms with van der Waals surface area (Å²) in [6.07, 6.45) is 3.04. The lowest BCUT2D eigenvalue weighted by Gasteiger charge is -2.20. The highest BCUT2D eigenvalue weighted by Gasteiger charge is 2.39. The standard InChI is InChI=1S/C24H26O8/c1-14(25)30-9-5-6-16-10-18-19(13-31-15(2)26)23(32-24(18)22(11-16)29-4)17-7-8-20(27)21(12-17)28-3/h5-8,10-12,19,23,27H,9,13H2,1-4H3/b6-5+. The molecule has 0 bridgehead atoms. The lowest BCUT2D eigenvalue weighted by molar-refractivity contribution is -0.142. The van der Waals surface area contributed by atoms with Crippen molar-refractivity contribution in [2.75, 3.05) is 27.4 Å². The predicted octanol–water partition coefficient (Wildman–Crippen LogP) is 3.77. The first-order valence-corrected chi connectivity index (χ1v) is 10.0. The zero-order chi connectivity index (χ0) is 23.3. The number of phenolic OH excluding ortho intramolecular Hbond substituents is 1. The van der Waals surface area contributed by atoms with Gasteiger partial charge in [-0.05, 0) is 41.5 Å². The normalized spacial score (nSPS) is 16.9. The summed E-state index contributed by atoms with van der Waals surface area (Å²) in [5.74, 6) is 0.330. The summed E-state index contributed by atoms with van der Waals surface area (Å²) in [6.45, 7) is 2.95. The van der Waals surface area contributed by atoms with E-state index >= 15 is 0 Å². The molecule has 2 atom stereocenters. The number of fused-ring (bicyclic) bond motifs is 1. The van der Waals surface area contributed by atoms with Gasteiger partial charge in [0.25, 0.3) is 0 Å². The van der Waals surface area contributed by atoms with E-state index < -0.39 is 12.1 Å². The van der Waals surface area contributed by atoms with E-state index in [0.717, 1.165) is 16.7 Å². The van der Waals surface area contributed by atoms with Gasteiger partial charge in [0.2, 0.25) is 0 Å². The van der Waals surface area contributed by atoms with Gasteiger partial charge in [-0.15, -0.1) is 0 Å². The summed E-state index contributed by atoms with van der Waals surface area (Å²) in [4.78, 5) is 22.5. The highest BCUT2D eigenvalue weighted by molar-refractivity contribution is 5.67. The third kappa shape index (κ3) is 5.14. The Bertz CT molecular complexity index is 1030. The van der Waals surface area contributed by atoms with Crippen molar-refractivity contribution in [2.45, 2.75) is 25.9 Å². The quantitative estimate of drug-likeness (QED) is 0.617. The zero-order valence-corrected chi connectivity index (χ0v) is 18.4. The number of methoxy groups -OCH3 is 2. The van der Waals surface area contributed by atoms with Gasteiger partial charge >= 0.3 is 11.9 Å².